The Labute approximate surface area is 138 Å². The highest BCUT2D eigenvalue weighted by molar-refractivity contribution is 5.87. The summed E-state index contributed by atoms with van der Waals surface area (Å²) in [6, 6.07) is 0.985. The van der Waals surface area contributed by atoms with Gasteiger partial charge in [0.1, 0.15) is 0 Å². The molecule has 1 aliphatic heterocycles. The van der Waals surface area contributed by atoms with Crippen molar-refractivity contribution >= 4 is 17.5 Å². The van der Waals surface area contributed by atoms with Crippen LogP contribution in [0.5, 0.6) is 0 Å². The first-order valence-electron chi connectivity index (χ1n) is 7.04. The van der Waals surface area contributed by atoms with Gasteiger partial charge < -0.3 is 15.5 Å². The normalized spacial score (nSPS) is 15.8. The number of piperazine rings is 1. The Hall–Kier alpha value is -2.46. The van der Waals surface area contributed by atoms with Crippen LogP contribution in [0.4, 0.5) is 32.0 Å². The van der Waals surface area contributed by atoms with Crippen LogP contribution in [0.2, 0.25) is 0 Å². The molecule has 0 saturated carbocycles. The lowest BCUT2D eigenvalue weighted by atomic mass is 10.1. The maximum Gasteiger partial charge on any atom is 0.416 e. The lowest BCUT2D eigenvalue weighted by molar-refractivity contribution is -0.143. The molecule has 2 amide bonds. The number of carbonyl (C=O) groups excluding carboxylic acids is 2. The van der Waals surface area contributed by atoms with Crippen LogP contribution in [-0.2, 0) is 21.9 Å². The van der Waals surface area contributed by atoms with Crippen LogP contribution in [0.25, 0.3) is 0 Å². The molecule has 11 heteroatoms. The Balaban J connectivity index is 2.15. The zero-order chi connectivity index (χ0) is 18.8. The molecule has 1 aromatic rings. The molecule has 0 aromatic heterocycles. The van der Waals surface area contributed by atoms with Crippen molar-refractivity contribution in [2.45, 2.75) is 12.4 Å². The Bertz CT molecular complexity index is 639. The van der Waals surface area contributed by atoms with Gasteiger partial charge in [0.05, 0.1) is 24.2 Å². The van der Waals surface area contributed by atoms with Gasteiger partial charge in [-0.15, -0.1) is 0 Å². The van der Waals surface area contributed by atoms with Crippen LogP contribution in [0, 0.1) is 0 Å². The van der Waals surface area contributed by atoms with Crippen LogP contribution >= 0.6 is 0 Å². The minimum absolute atomic E-state index is 0.00196. The highest BCUT2D eigenvalue weighted by Gasteiger charge is 2.37. The predicted octanol–water partition coefficient (Wildman–Crippen LogP) is 2.09. The maximum atomic E-state index is 12.8. The number of nitrogens with one attached hydrogen (secondary N) is 2. The van der Waals surface area contributed by atoms with Crippen molar-refractivity contribution in [3.63, 3.8) is 0 Å². The molecular formula is C14H13F6N3O2. The molecule has 0 radical (unpaired) electrons. The van der Waals surface area contributed by atoms with Crippen molar-refractivity contribution in [1.82, 2.24) is 10.2 Å². The fourth-order valence-corrected chi connectivity index (χ4v) is 2.20. The highest BCUT2D eigenvalue weighted by atomic mass is 19.4. The molecule has 138 valence electrons. The number of benzene rings is 1. The standard InChI is InChI=1S/C14H13F6N3O2/c15-13(16,17)8-3-9(14(18,19)20)5-10(4-8)22-6-12(25)23-2-1-21-11(24)7-23/h3-5,22H,1-2,6-7H2,(H,21,24). The van der Waals surface area contributed by atoms with Crippen molar-refractivity contribution in [2.24, 2.45) is 0 Å². The largest absolute Gasteiger partial charge is 0.416 e. The lowest BCUT2D eigenvalue weighted by Gasteiger charge is -2.27. The van der Waals surface area contributed by atoms with Crippen molar-refractivity contribution in [1.29, 1.82) is 0 Å². The molecule has 5 nitrogen and oxygen atoms in total. The summed E-state index contributed by atoms with van der Waals surface area (Å²) in [5, 5.41) is 4.74. The number of rotatable bonds is 3. The molecular weight excluding hydrogens is 356 g/mol. The van der Waals surface area contributed by atoms with Crippen molar-refractivity contribution in [2.75, 3.05) is 31.5 Å². The van der Waals surface area contributed by atoms with Crippen LogP contribution < -0.4 is 10.6 Å². The van der Waals surface area contributed by atoms with Gasteiger partial charge in [0.15, 0.2) is 0 Å². The molecule has 1 heterocycles. The number of hydrogen-bond acceptors (Lipinski definition) is 3. The molecule has 2 N–H and O–H groups in total. The molecule has 1 saturated heterocycles. The highest BCUT2D eigenvalue weighted by Crippen LogP contribution is 2.37. The number of nitrogens with zero attached hydrogens (tertiary/aromatic N) is 1. The summed E-state index contributed by atoms with van der Waals surface area (Å²) in [6.45, 7) is -0.308. The van der Waals surface area contributed by atoms with Gasteiger partial charge in [-0.25, -0.2) is 0 Å². The van der Waals surface area contributed by atoms with Gasteiger partial charge >= 0.3 is 12.4 Å². The first-order valence-corrected chi connectivity index (χ1v) is 7.04. The second-order valence-electron chi connectivity index (χ2n) is 5.31. The summed E-state index contributed by atoms with van der Waals surface area (Å²) in [6.07, 6.45) is -9.93. The average Bonchev–Trinajstić information content (AvgIpc) is 2.50. The number of anilines is 1. The third kappa shape index (κ3) is 5.00. The maximum absolute atomic E-state index is 12.8. The number of amides is 2. The second-order valence-corrected chi connectivity index (χ2v) is 5.31. The fraction of sp³-hybridized carbons (Fsp3) is 0.429. The number of halogens is 6. The zero-order valence-corrected chi connectivity index (χ0v) is 12.6. The van der Waals surface area contributed by atoms with E-state index in [2.05, 4.69) is 10.6 Å². The van der Waals surface area contributed by atoms with Gasteiger partial charge in [-0.2, -0.15) is 26.3 Å². The smallest absolute Gasteiger partial charge is 0.376 e. The number of hydrogen-bond donors (Lipinski definition) is 2. The lowest BCUT2D eigenvalue weighted by Crippen LogP contribution is -2.51. The summed E-state index contributed by atoms with van der Waals surface area (Å²) in [5.41, 5.74) is -3.44. The Morgan fingerprint density at radius 1 is 1.08 bits per heavy atom. The quantitative estimate of drug-likeness (QED) is 0.803. The summed E-state index contributed by atoms with van der Waals surface area (Å²) in [4.78, 5) is 24.3. The Morgan fingerprint density at radius 3 is 2.12 bits per heavy atom. The Morgan fingerprint density at radius 2 is 1.64 bits per heavy atom. The first-order chi connectivity index (χ1) is 11.5. The van der Waals surface area contributed by atoms with Gasteiger partial charge in [-0.05, 0) is 18.2 Å². The molecule has 1 fully saturated rings. The molecule has 2 rings (SSSR count). The van der Waals surface area contributed by atoms with E-state index in [-0.39, 0.29) is 25.7 Å². The van der Waals surface area contributed by atoms with Gasteiger partial charge in [-0.1, -0.05) is 0 Å². The molecule has 1 aromatic carbocycles. The van der Waals surface area contributed by atoms with E-state index in [0.717, 1.165) is 4.90 Å². The second kappa shape index (κ2) is 6.81. The molecule has 1 aliphatic rings. The third-order valence-corrected chi connectivity index (χ3v) is 3.42. The van der Waals surface area contributed by atoms with Crippen LogP contribution in [0.15, 0.2) is 18.2 Å². The van der Waals surface area contributed by atoms with E-state index >= 15 is 0 Å². The zero-order valence-electron chi connectivity index (χ0n) is 12.6. The summed E-state index contributed by atoms with van der Waals surface area (Å²) >= 11 is 0. The third-order valence-electron chi connectivity index (χ3n) is 3.42. The van der Waals surface area contributed by atoms with Gasteiger partial charge in [0.25, 0.3) is 0 Å². The van der Waals surface area contributed by atoms with E-state index in [1.54, 1.807) is 0 Å². The fourth-order valence-electron chi connectivity index (χ4n) is 2.20. The molecule has 0 aliphatic carbocycles. The minimum Gasteiger partial charge on any atom is -0.376 e. The van der Waals surface area contributed by atoms with E-state index in [0.29, 0.717) is 12.1 Å². The number of carbonyl (C=O) groups is 2. The first kappa shape index (κ1) is 18.9. The summed E-state index contributed by atoms with van der Waals surface area (Å²) in [5.74, 6) is -1.00. The predicted molar refractivity (Wildman–Crippen MR) is 74.5 cm³/mol. The SMILES string of the molecule is O=C1CN(C(=O)CNc2cc(C(F)(F)F)cc(C(F)(F)F)c2)CCN1. The summed E-state index contributed by atoms with van der Waals surface area (Å²) in [7, 11) is 0. The monoisotopic (exact) mass is 369 g/mol. The molecule has 0 atom stereocenters. The molecule has 0 bridgehead atoms. The van der Waals surface area contributed by atoms with Crippen molar-refractivity contribution in [3.8, 4) is 0 Å². The van der Waals surface area contributed by atoms with Crippen molar-refractivity contribution in [3.05, 3.63) is 29.3 Å². The van der Waals surface area contributed by atoms with Crippen LogP contribution in [-0.4, -0.2) is 42.9 Å². The number of alkyl halides is 6. The Kier molecular flexibility index (Phi) is 5.14. The van der Waals surface area contributed by atoms with E-state index in [9.17, 15) is 35.9 Å². The average molecular weight is 369 g/mol. The van der Waals surface area contributed by atoms with Gasteiger partial charge in [0.2, 0.25) is 11.8 Å². The summed E-state index contributed by atoms with van der Waals surface area (Å²) < 4.78 is 76.5. The topological polar surface area (TPSA) is 61.4 Å². The molecule has 0 spiro atoms. The van der Waals surface area contributed by atoms with E-state index in [4.69, 9.17) is 0 Å². The van der Waals surface area contributed by atoms with Gasteiger partial charge in [-0.3, -0.25) is 9.59 Å². The van der Waals surface area contributed by atoms with Crippen LogP contribution in [0.1, 0.15) is 11.1 Å². The van der Waals surface area contributed by atoms with E-state index < -0.39 is 47.5 Å². The van der Waals surface area contributed by atoms with E-state index in [1.807, 2.05) is 0 Å². The van der Waals surface area contributed by atoms with E-state index in [1.165, 1.54) is 0 Å². The molecule has 0 unspecified atom stereocenters. The minimum atomic E-state index is -4.97. The molecule has 25 heavy (non-hydrogen) atoms. The van der Waals surface area contributed by atoms with Crippen LogP contribution in [0.3, 0.4) is 0 Å². The van der Waals surface area contributed by atoms with Gasteiger partial charge in [0, 0.05) is 18.8 Å². The van der Waals surface area contributed by atoms with Crippen molar-refractivity contribution < 1.29 is 35.9 Å².